The van der Waals surface area contributed by atoms with E-state index in [4.69, 9.17) is 4.42 Å². The van der Waals surface area contributed by atoms with E-state index in [1.165, 1.54) is 0 Å². The van der Waals surface area contributed by atoms with E-state index < -0.39 is 0 Å². The molecule has 3 aliphatic heterocycles. The molecule has 3 fully saturated rings. The molecule has 4 rings (SSSR count). The van der Waals surface area contributed by atoms with E-state index in [2.05, 4.69) is 4.90 Å². The van der Waals surface area contributed by atoms with Crippen molar-refractivity contribution < 1.29 is 9.52 Å². The predicted molar refractivity (Wildman–Crippen MR) is 61.2 cm³/mol. The number of aliphatic hydroxyl groups excluding tert-OH is 1. The molecule has 3 saturated heterocycles. The Labute approximate surface area is 96.1 Å². The van der Waals surface area contributed by atoms with Crippen molar-refractivity contribution in [2.45, 2.75) is 38.3 Å². The highest BCUT2D eigenvalue weighted by Crippen LogP contribution is 2.33. The Hall–Kier alpha value is -0.800. The van der Waals surface area contributed by atoms with Gasteiger partial charge < -0.3 is 9.52 Å². The second-order valence-electron chi connectivity index (χ2n) is 5.15. The fraction of sp³-hybridized carbons (Fsp3) is 0.692. The summed E-state index contributed by atoms with van der Waals surface area (Å²) in [6, 6.07) is 4.31. The maximum atomic E-state index is 10.2. The van der Waals surface area contributed by atoms with E-state index in [9.17, 15) is 5.11 Å². The van der Waals surface area contributed by atoms with Crippen molar-refractivity contribution in [3.63, 3.8) is 0 Å². The Bertz CT molecular complexity index is 364. The first-order chi connectivity index (χ1) is 7.74. The van der Waals surface area contributed by atoms with Gasteiger partial charge in [0.2, 0.25) is 0 Å². The third-order valence-corrected chi connectivity index (χ3v) is 4.13. The van der Waals surface area contributed by atoms with Gasteiger partial charge >= 0.3 is 0 Å². The van der Waals surface area contributed by atoms with Gasteiger partial charge in [-0.15, -0.1) is 0 Å². The summed E-state index contributed by atoms with van der Waals surface area (Å²) >= 11 is 0. The zero-order valence-corrected chi connectivity index (χ0v) is 9.72. The van der Waals surface area contributed by atoms with E-state index in [0.717, 1.165) is 43.9 Å². The van der Waals surface area contributed by atoms with Crippen LogP contribution >= 0.6 is 0 Å². The average Bonchev–Trinajstić information content (AvgIpc) is 2.70. The van der Waals surface area contributed by atoms with Gasteiger partial charge in [-0.2, -0.15) is 0 Å². The zero-order chi connectivity index (χ0) is 11.1. The minimum absolute atomic E-state index is 0.159. The molecule has 0 saturated carbocycles. The Morgan fingerprint density at radius 3 is 2.69 bits per heavy atom. The zero-order valence-electron chi connectivity index (χ0n) is 9.72. The van der Waals surface area contributed by atoms with Crippen molar-refractivity contribution in [3.05, 3.63) is 23.7 Å². The molecule has 3 heteroatoms. The second kappa shape index (κ2) is 3.90. The van der Waals surface area contributed by atoms with Gasteiger partial charge in [0.25, 0.3) is 0 Å². The third-order valence-electron chi connectivity index (χ3n) is 4.13. The molecular formula is C13H19NO2. The highest BCUT2D eigenvalue weighted by Gasteiger charge is 2.41. The third kappa shape index (κ3) is 1.68. The standard InChI is InChI=1S/C13H19NO2/c1-9-2-3-11(16-9)8-12-13(15)10-4-6-14(12)7-5-10/h2-3,10,12-13,15H,4-8H2,1H3. The molecule has 0 radical (unpaired) electrons. The molecule has 16 heavy (non-hydrogen) atoms. The predicted octanol–water partition coefficient (Wildman–Crippen LogP) is 1.59. The summed E-state index contributed by atoms with van der Waals surface area (Å²) in [5.74, 6) is 2.49. The van der Waals surface area contributed by atoms with Crippen LogP contribution in [-0.4, -0.2) is 35.2 Å². The Balaban J connectivity index is 1.74. The highest BCUT2D eigenvalue weighted by molar-refractivity contribution is 5.09. The molecular weight excluding hydrogens is 202 g/mol. The van der Waals surface area contributed by atoms with Crippen molar-refractivity contribution >= 4 is 0 Å². The SMILES string of the molecule is Cc1ccc(CC2C(O)C3CCN2CC3)o1. The fourth-order valence-electron chi connectivity index (χ4n) is 3.17. The largest absolute Gasteiger partial charge is 0.466 e. The molecule has 1 aromatic rings. The first-order valence-corrected chi connectivity index (χ1v) is 6.21. The minimum Gasteiger partial charge on any atom is -0.466 e. The Kier molecular flexibility index (Phi) is 2.52. The summed E-state index contributed by atoms with van der Waals surface area (Å²) in [7, 11) is 0. The lowest BCUT2D eigenvalue weighted by Crippen LogP contribution is -2.58. The summed E-state index contributed by atoms with van der Waals surface area (Å²) in [6.45, 7) is 4.26. The van der Waals surface area contributed by atoms with E-state index in [1.54, 1.807) is 0 Å². The highest BCUT2D eigenvalue weighted by atomic mass is 16.3. The van der Waals surface area contributed by atoms with Gasteiger partial charge in [-0.3, -0.25) is 4.90 Å². The molecule has 1 aromatic heterocycles. The smallest absolute Gasteiger partial charge is 0.105 e. The van der Waals surface area contributed by atoms with Gasteiger partial charge in [-0.05, 0) is 50.9 Å². The molecule has 2 bridgehead atoms. The molecule has 0 spiro atoms. The van der Waals surface area contributed by atoms with Crippen LogP contribution in [0.2, 0.25) is 0 Å². The molecule has 2 atom stereocenters. The fourth-order valence-corrected chi connectivity index (χ4v) is 3.17. The molecule has 2 unspecified atom stereocenters. The summed E-state index contributed by atoms with van der Waals surface area (Å²) in [6.07, 6.45) is 3.02. The maximum Gasteiger partial charge on any atom is 0.105 e. The second-order valence-corrected chi connectivity index (χ2v) is 5.15. The van der Waals surface area contributed by atoms with Crippen LogP contribution in [0.25, 0.3) is 0 Å². The Morgan fingerprint density at radius 2 is 2.12 bits per heavy atom. The van der Waals surface area contributed by atoms with Gasteiger partial charge in [0.05, 0.1) is 6.10 Å². The molecule has 3 nitrogen and oxygen atoms in total. The van der Waals surface area contributed by atoms with Crippen LogP contribution in [0.5, 0.6) is 0 Å². The molecule has 1 N–H and O–H groups in total. The van der Waals surface area contributed by atoms with Gasteiger partial charge in [0, 0.05) is 12.5 Å². The van der Waals surface area contributed by atoms with Crippen molar-refractivity contribution in [2.75, 3.05) is 13.1 Å². The topological polar surface area (TPSA) is 36.6 Å². The number of aryl methyl sites for hydroxylation is 1. The summed E-state index contributed by atoms with van der Waals surface area (Å²) in [4.78, 5) is 2.42. The first kappa shape index (κ1) is 10.4. The van der Waals surface area contributed by atoms with Crippen molar-refractivity contribution in [2.24, 2.45) is 5.92 Å². The number of nitrogens with zero attached hydrogens (tertiary/aromatic N) is 1. The monoisotopic (exact) mass is 221 g/mol. The van der Waals surface area contributed by atoms with Crippen LogP contribution in [-0.2, 0) is 6.42 Å². The van der Waals surface area contributed by atoms with Gasteiger partial charge in [-0.1, -0.05) is 0 Å². The van der Waals surface area contributed by atoms with Crippen LogP contribution in [0.4, 0.5) is 0 Å². The van der Waals surface area contributed by atoms with E-state index in [1.807, 2.05) is 19.1 Å². The number of aliphatic hydroxyl groups is 1. The van der Waals surface area contributed by atoms with Gasteiger partial charge in [0.1, 0.15) is 11.5 Å². The number of hydrogen-bond donors (Lipinski definition) is 1. The van der Waals surface area contributed by atoms with Crippen LogP contribution < -0.4 is 0 Å². The number of fused-ring (bicyclic) bond motifs is 3. The maximum absolute atomic E-state index is 10.2. The molecule has 88 valence electrons. The number of rotatable bonds is 2. The summed E-state index contributed by atoms with van der Waals surface area (Å²) < 4.78 is 5.60. The lowest BCUT2D eigenvalue weighted by atomic mass is 9.79. The van der Waals surface area contributed by atoms with E-state index >= 15 is 0 Å². The van der Waals surface area contributed by atoms with Crippen LogP contribution in [0.3, 0.4) is 0 Å². The van der Waals surface area contributed by atoms with Gasteiger partial charge in [0.15, 0.2) is 0 Å². The van der Waals surface area contributed by atoms with Crippen molar-refractivity contribution in [1.82, 2.24) is 4.90 Å². The molecule has 0 aliphatic carbocycles. The summed E-state index contributed by atoms with van der Waals surface area (Å²) in [5, 5.41) is 10.2. The molecule has 3 aliphatic rings. The lowest BCUT2D eigenvalue weighted by Gasteiger charge is -2.48. The molecule has 0 aromatic carbocycles. The van der Waals surface area contributed by atoms with Crippen LogP contribution in [0.1, 0.15) is 24.4 Å². The first-order valence-electron chi connectivity index (χ1n) is 6.21. The number of furan rings is 1. The lowest BCUT2D eigenvalue weighted by molar-refractivity contribution is -0.0729. The minimum atomic E-state index is -0.159. The molecule has 4 heterocycles. The number of piperidine rings is 3. The van der Waals surface area contributed by atoms with Crippen LogP contribution in [0, 0.1) is 12.8 Å². The summed E-state index contributed by atoms with van der Waals surface area (Å²) in [5.41, 5.74) is 0. The normalized spacial score (nSPS) is 37.9. The van der Waals surface area contributed by atoms with E-state index in [0.29, 0.717) is 5.92 Å². The van der Waals surface area contributed by atoms with E-state index in [-0.39, 0.29) is 12.1 Å². The number of hydrogen-bond acceptors (Lipinski definition) is 3. The van der Waals surface area contributed by atoms with Crippen molar-refractivity contribution in [1.29, 1.82) is 0 Å². The molecule has 0 amide bonds. The average molecular weight is 221 g/mol. The van der Waals surface area contributed by atoms with Crippen LogP contribution in [0.15, 0.2) is 16.5 Å². The van der Waals surface area contributed by atoms with Gasteiger partial charge in [-0.25, -0.2) is 0 Å². The quantitative estimate of drug-likeness (QED) is 0.824. The van der Waals surface area contributed by atoms with Crippen molar-refractivity contribution in [3.8, 4) is 0 Å². The Morgan fingerprint density at radius 1 is 1.38 bits per heavy atom.